The number of phenols is 3. The molecule has 1 radical (unpaired) electrons. The molecular weight excluding hydrogens is 264 g/mol. The van der Waals surface area contributed by atoms with Crippen LogP contribution < -0.4 is 0 Å². The summed E-state index contributed by atoms with van der Waals surface area (Å²) in [4.78, 5) is 0. The van der Waals surface area contributed by atoms with Crippen molar-refractivity contribution in [3.05, 3.63) is 66.7 Å². The van der Waals surface area contributed by atoms with Crippen LogP contribution in [0.5, 0.6) is 17.2 Å². The van der Waals surface area contributed by atoms with E-state index in [9.17, 15) is 15.3 Å². The van der Waals surface area contributed by atoms with Gasteiger partial charge < -0.3 is 15.3 Å². The summed E-state index contributed by atoms with van der Waals surface area (Å²) in [5.41, 5.74) is 2.34. The van der Waals surface area contributed by atoms with E-state index in [-0.39, 0.29) is 17.2 Å². The quantitative estimate of drug-likeness (QED) is 0.665. The molecule has 0 spiro atoms. The van der Waals surface area contributed by atoms with Crippen LogP contribution in [-0.2, 0) is 0 Å². The summed E-state index contributed by atoms with van der Waals surface area (Å²) in [7, 11) is 0. The molecule has 3 N–H and O–H groups in total. The number of rotatable bonds is 2. The van der Waals surface area contributed by atoms with Gasteiger partial charge in [0.25, 0.3) is 0 Å². The predicted molar refractivity (Wildman–Crippen MR) is 81.1 cm³/mol. The molecule has 3 aromatic carbocycles. The molecule has 0 fully saturated rings. The monoisotopic (exact) mass is 277 g/mol. The molecule has 3 nitrogen and oxygen atoms in total. The van der Waals surface area contributed by atoms with E-state index < -0.39 is 0 Å². The van der Waals surface area contributed by atoms with Gasteiger partial charge in [-0.15, -0.1) is 0 Å². The number of phenolic OH excluding ortho intramolecular Hbond substituents is 3. The maximum Gasteiger partial charge on any atom is 0.124 e. The Balaban J connectivity index is 2.29. The van der Waals surface area contributed by atoms with Gasteiger partial charge in [-0.05, 0) is 35.9 Å². The Bertz CT molecular complexity index is 794. The van der Waals surface area contributed by atoms with Crippen LogP contribution in [-0.4, -0.2) is 15.3 Å². The van der Waals surface area contributed by atoms with Crippen molar-refractivity contribution in [2.24, 2.45) is 0 Å². The largest absolute Gasteiger partial charge is 0.508 e. The normalized spacial score (nSPS) is 10.5. The summed E-state index contributed by atoms with van der Waals surface area (Å²) in [6.45, 7) is 0. The first kappa shape index (κ1) is 13.1. The molecule has 0 saturated carbocycles. The lowest BCUT2D eigenvalue weighted by atomic mass is 9.93. The summed E-state index contributed by atoms with van der Waals surface area (Å²) >= 11 is 0. The van der Waals surface area contributed by atoms with Gasteiger partial charge in [-0.1, -0.05) is 36.4 Å². The second-order valence-electron chi connectivity index (χ2n) is 4.68. The van der Waals surface area contributed by atoms with Gasteiger partial charge in [-0.25, -0.2) is 0 Å². The highest BCUT2D eigenvalue weighted by molar-refractivity contribution is 5.89. The zero-order chi connectivity index (χ0) is 14.8. The average molecular weight is 277 g/mol. The zero-order valence-corrected chi connectivity index (χ0v) is 11.1. The maximum absolute atomic E-state index is 10.2. The Morgan fingerprint density at radius 1 is 0.762 bits per heavy atom. The highest BCUT2D eigenvalue weighted by Crippen LogP contribution is 2.42. The zero-order valence-electron chi connectivity index (χ0n) is 11.1. The second-order valence-corrected chi connectivity index (χ2v) is 4.68. The molecular formula is C18H13O3. The summed E-state index contributed by atoms with van der Waals surface area (Å²) in [5.74, 6) is 0.259. The van der Waals surface area contributed by atoms with Gasteiger partial charge in [0.1, 0.15) is 17.2 Å². The molecule has 103 valence electrons. The molecule has 0 heterocycles. The third kappa shape index (κ3) is 2.41. The Labute approximate surface area is 122 Å². The average Bonchev–Trinajstić information content (AvgIpc) is 2.48. The topological polar surface area (TPSA) is 60.7 Å². The molecule has 0 bridgehead atoms. The van der Waals surface area contributed by atoms with Crippen LogP contribution in [0.2, 0.25) is 0 Å². The van der Waals surface area contributed by atoms with Gasteiger partial charge in [-0.2, -0.15) is 0 Å². The van der Waals surface area contributed by atoms with Crippen LogP contribution in [0.1, 0.15) is 0 Å². The summed E-state index contributed by atoms with van der Waals surface area (Å²) in [5, 5.41) is 29.9. The lowest BCUT2D eigenvalue weighted by Crippen LogP contribution is -1.87. The lowest BCUT2D eigenvalue weighted by molar-refractivity contribution is 0.469. The third-order valence-corrected chi connectivity index (χ3v) is 3.28. The van der Waals surface area contributed by atoms with Crippen LogP contribution in [0.25, 0.3) is 22.3 Å². The highest BCUT2D eigenvalue weighted by atomic mass is 16.3. The van der Waals surface area contributed by atoms with Crippen molar-refractivity contribution in [2.75, 3.05) is 0 Å². The van der Waals surface area contributed by atoms with Crippen molar-refractivity contribution in [1.29, 1.82) is 0 Å². The van der Waals surface area contributed by atoms with Crippen LogP contribution >= 0.6 is 0 Å². The van der Waals surface area contributed by atoms with E-state index in [4.69, 9.17) is 0 Å². The fraction of sp³-hybridized carbons (Fsp3) is 0. The van der Waals surface area contributed by atoms with Gasteiger partial charge in [0.15, 0.2) is 0 Å². The highest BCUT2D eigenvalue weighted by Gasteiger charge is 2.15. The van der Waals surface area contributed by atoms with Crippen LogP contribution in [0.15, 0.2) is 60.7 Å². The maximum atomic E-state index is 10.2. The first-order valence-corrected chi connectivity index (χ1v) is 6.48. The van der Waals surface area contributed by atoms with Crippen molar-refractivity contribution >= 4 is 0 Å². The fourth-order valence-corrected chi connectivity index (χ4v) is 2.33. The number of benzene rings is 3. The summed E-state index contributed by atoms with van der Waals surface area (Å²) < 4.78 is 0. The smallest absolute Gasteiger partial charge is 0.124 e. The van der Waals surface area contributed by atoms with E-state index in [1.807, 2.05) is 6.07 Å². The van der Waals surface area contributed by atoms with Gasteiger partial charge in [0, 0.05) is 16.7 Å². The molecule has 0 amide bonds. The Morgan fingerprint density at radius 2 is 1.57 bits per heavy atom. The molecule has 0 unspecified atom stereocenters. The van der Waals surface area contributed by atoms with Gasteiger partial charge in [0.05, 0.1) is 0 Å². The molecule has 0 aliphatic rings. The predicted octanol–water partition coefficient (Wildman–Crippen LogP) is 3.94. The molecule has 0 atom stereocenters. The lowest BCUT2D eigenvalue weighted by Gasteiger charge is -2.13. The van der Waals surface area contributed by atoms with E-state index in [0.29, 0.717) is 22.3 Å². The first-order valence-electron chi connectivity index (χ1n) is 6.48. The van der Waals surface area contributed by atoms with Crippen molar-refractivity contribution < 1.29 is 15.3 Å². The first-order chi connectivity index (χ1) is 10.2. The molecule has 3 aromatic rings. The van der Waals surface area contributed by atoms with Gasteiger partial charge >= 0.3 is 0 Å². The molecule has 0 aliphatic heterocycles. The van der Waals surface area contributed by atoms with Gasteiger partial charge in [0.2, 0.25) is 0 Å². The Kier molecular flexibility index (Phi) is 3.24. The van der Waals surface area contributed by atoms with Gasteiger partial charge in [-0.3, -0.25) is 0 Å². The van der Waals surface area contributed by atoms with Crippen molar-refractivity contribution in [3.63, 3.8) is 0 Å². The summed E-state index contributed by atoms with van der Waals surface area (Å²) in [6.07, 6.45) is 0. The van der Waals surface area contributed by atoms with Crippen molar-refractivity contribution in [2.45, 2.75) is 0 Å². The minimum Gasteiger partial charge on any atom is -0.508 e. The molecule has 3 rings (SSSR count). The Morgan fingerprint density at radius 3 is 2.33 bits per heavy atom. The van der Waals surface area contributed by atoms with E-state index >= 15 is 0 Å². The minimum atomic E-state index is 0.0496. The molecule has 3 heteroatoms. The number of para-hydroxylation sites is 1. The van der Waals surface area contributed by atoms with Crippen molar-refractivity contribution in [1.82, 2.24) is 0 Å². The number of hydrogen-bond donors (Lipinski definition) is 3. The van der Waals surface area contributed by atoms with E-state index in [1.165, 1.54) is 6.07 Å². The molecule has 21 heavy (non-hydrogen) atoms. The SMILES string of the molecule is Oc1cccc(-c2[c]ccc(O)c2-c2ccccc2O)c1. The van der Waals surface area contributed by atoms with E-state index in [1.54, 1.807) is 48.5 Å². The van der Waals surface area contributed by atoms with E-state index in [0.717, 1.165) is 0 Å². The Hall–Kier alpha value is -2.94. The molecule has 0 aliphatic carbocycles. The molecule has 0 aromatic heterocycles. The van der Waals surface area contributed by atoms with Crippen molar-refractivity contribution in [3.8, 4) is 39.5 Å². The molecule has 0 saturated heterocycles. The third-order valence-electron chi connectivity index (χ3n) is 3.28. The van der Waals surface area contributed by atoms with E-state index in [2.05, 4.69) is 6.07 Å². The minimum absolute atomic E-state index is 0.0496. The van der Waals surface area contributed by atoms with Crippen LogP contribution in [0.4, 0.5) is 0 Å². The van der Waals surface area contributed by atoms with Crippen LogP contribution in [0.3, 0.4) is 0 Å². The van der Waals surface area contributed by atoms with Crippen LogP contribution in [0, 0.1) is 6.07 Å². The summed E-state index contributed by atoms with van der Waals surface area (Å²) in [6, 6.07) is 19.7. The number of hydrogen-bond acceptors (Lipinski definition) is 3. The standard InChI is InChI=1S/C18H13O3/c19-13-6-3-5-12(11-13)14-8-4-10-17(21)18(14)15-7-1-2-9-16(15)20/h1-7,9-11,19-21H. The fourth-order valence-electron chi connectivity index (χ4n) is 2.33. The second kappa shape index (κ2) is 5.21. The number of aromatic hydroxyl groups is 3.